The highest BCUT2D eigenvalue weighted by atomic mass is 16.4. The van der Waals surface area contributed by atoms with Gasteiger partial charge in [0, 0.05) is 24.5 Å². The first-order valence-corrected chi connectivity index (χ1v) is 3.93. The lowest BCUT2D eigenvalue weighted by atomic mass is 10.3. The number of hydrogen-bond acceptors (Lipinski definition) is 2. The maximum absolute atomic E-state index is 10.1. The van der Waals surface area contributed by atoms with Gasteiger partial charge in [0.1, 0.15) is 6.54 Å². The van der Waals surface area contributed by atoms with E-state index < -0.39 is 5.97 Å². The van der Waals surface area contributed by atoms with Gasteiger partial charge in [0.25, 0.3) is 0 Å². The molecule has 1 aromatic rings. The summed E-state index contributed by atoms with van der Waals surface area (Å²) in [6.45, 7) is 0.731. The van der Waals surface area contributed by atoms with Crippen LogP contribution in [0.1, 0.15) is 12.8 Å². The van der Waals surface area contributed by atoms with Crippen LogP contribution < -0.4 is 9.67 Å². The SMILES string of the molecule is O=C([O-])CCC[n+]1ccccc1. The largest absolute Gasteiger partial charge is 0.550 e. The molecule has 1 heterocycles. The van der Waals surface area contributed by atoms with E-state index >= 15 is 0 Å². The molecule has 1 aromatic heterocycles. The number of nitrogens with zero attached hydrogens (tertiary/aromatic N) is 1. The van der Waals surface area contributed by atoms with E-state index in [0.29, 0.717) is 6.42 Å². The van der Waals surface area contributed by atoms with E-state index in [4.69, 9.17) is 0 Å². The first kappa shape index (κ1) is 8.71. The van der Waals surface area contributed by atoms with Crippen LogP contribution in [-0.4, -0.2) is 5.97 Å². The van der Waals surface area contributed by atoms with Crippen molar-refractivity contribution in [3.05, 3.63) is 30.6 Å². The van der Waals surface area contributed by atoms with Crippen LogP contribution in [0.15, 0.2) is 30.6 Å². The summed E-state index contributed by atoms with van der Waals surface area (Å²) in [4.78, 5) is 10.1. The summed E-state index contributed by atoms with van der Waals surface area (Å²) < 4.78 is 1.95. The molecule has 0 bridgehead atoms. The molecule has 0 spiro atoms. The summed E-state index contributed by atoms with van der Waals surface area (Å²) in [5, 5.41) is 10.1. The number of carboxylic acid groups (broad SMARTS) is 1. The van der Waals surface area contributed by atoms with Crippen LogP contribution in [0.4, 0.5) is 0 Å². The average Bonchev–Trinajstić information content (AvgIpc) is 2.05. The smallest absolute Gasteiger partial charge is 0.168 e. The number of aliphatic carboxylic acids is 1. The predicted molar refractivity (Wildman–Crippen MR) is 40.9 cm³/mol. The highest BCUT2D eigenvalue weighted by Gasteiger charge is 1.96. The number of aryl methyl sites for hydroxylation is 1. The van der Waals surface area contributed by atoms with Crippen LogP contribution in [-0.2, 0) is 11.3 Å². The number of aromatic nitrogens is 1. The van der Waals surface area contributed by atoms with Crippen LogP contribution in [0.2, 0.25) is 0 Å². The molecule has 64 valence electrons. The van der Waals surface area contributed by atoms with Crippen molar-refractivity contribution in [1.29, 1.82) is 0 Å². The maximum Gasteiger partial charge on any atom is 0.168 e. The Labute approximate surface area is 71.3 Å². The van der Waals surface area contributed by atoms with Gasteiger partial charge in [0.05, 0.1) is 0 Å². The zero-order valence-electron chi connectivity index (χ0n) is 6.77. The van der Waals surface area contributed by atoms with Crippen LogP contribution in [0.5, 0.6) is 0 Å². The minimum absolute atomic E-state index is 0.127. The van der Waals surface area contributed by atoms with Gasteiger partial charge in [-0.3, -0.25) is 0 Å². The Bertz CT molecular complexity index is 246. The molecular weight excluding hydrogens is 154 g/mol. The first-order valence-electron chi connectivity index (χ1n) is 3.93. The van der Waals surface area contributed by atoms with E-state index in [2.05, 4.69) is 0 Å². The van der Waals surface area contributed by atoms with Gasteiger partial charge in [-0.05, 0) is 6.42 Å². The Morgan fingerprint density at radius 1 is 1.25 bits per heavy atom. The van der Waals surface area contributed by atoms with Gasteiger partial charge in [-0.1, -0.05) is 6.07 Å². The number of rotatable bonds is 4. The Hall–Kier alpha value is -1.38. The Kier molecular flexibility index (Phi) is 3.26. The third kappa shape index (κ3) is 3.14. The van der Waals surface area contributed by atoms with E-state index in [1.807, 2.05) is 35.2 Å². The van der Waals surface area contributed by atoms with Gasteiger partial charge in [-0.2, -0.15) is 0 Å². The highest BCUT2D eigenvalue weighted by molar-refractivity contribution is 5.63. The number of hydrogen-bond donors (Lipinski definition) is 0. The molecule has 0 aromatic carbocycles. The van der Waals surface area contributed by atoms with Crippen LogP contribution in [0.3, 0.4) is 0 Å². The van der Waals surface area contributed by atoms with Gasteiger partial charge in [0.2, 0.25) is 0 Å². The standard InChI is InChI=1S/C9H11NO2/c11-9(12)5-4-8-10-6-2-1-3-7-10/h1-3,6-7H,4-5,8H2. The van der Waals surface area contributed by atoms with Crippen molar-refractivity contribution in [3.8, 4) is 0 Å². The van der Waals surface area contributed by atoms with Gasteiger partial charge in [0.15, 0.2) is 12.4 Å². The Balaban J connectivity index is 2.29. The van der Waals surface area contributed by atoms with E-state index in [-0.39, 0.29) is 6.42 Å². The topological polar surface area (TPSA) is 44.0 Å². The van der Waals surface area contributed by atoms with Gasteiger partial charge >= 0.3 is 0 Å². The molecule has 0 amide bonds. The molecule has 0 aliphatic carbocycles. The lowest BCUT2D eigenvalue weighted by Gasteiger charge is -1.98. The van der Waals surface area contributed by atoms with Crippen molar-refractivity contribution in [2.24, 2.45) is 0 Å². The fraction of sp³-hybridized carbons (Fsp3) is 0.333. The minimum atomic E-state index is -0.980. The van der Waals surface area contributed by atoms with Gasteiger partial charge in [-0.25, -0.2) is 4.57 Å². The quantitative estimate of drug-likeness (QED) is 0.565. The zero-order chi connectivity index (χ0) is 8.81. The summed E-state index contributed by atoms with van der Waals surface area (Å²) in [6, 6.07) is 5.76. The van der Waals surface area contributed by atoms with Crippen molar-refractivity contribution in [1.82, 2.24) is 0 Å². The van der Waals surface area contributed by atoms with Crippen LogP contribution in [0, 0.1) is 0 Å². The second kappa shape index (κ2) is 4.49. The molecule has 0 saturated heterocycles. The van der Waals surface area contributed by atoms with E-state index in [1.54, 1.807) is 0 Å². The molecule has 0 atom stereocenters. The molecule has 0 radical (unpaired) electrons. The Morgan fingerprint density at radius 2 is 1.92 bits per heavy atom. The lowest BCUT2D eigenvalue weighted by Crippen LogP contribution is -2.33. The van der Waals surface area contributed by atoms with E-state index in [0.717, 1.165) is 6.54 Å². The highest BCUT2D eigenvalue weighted by Crippen LogP contribution is 1.86. The number of carboxylic acids is 1. The fourth-order valence-corrected chi connectivity index (χ4v) is 0.989. The lowest BCUT2D eigenvalue weighted by molar-refractivity contribution is -0.697. The van der Waals surface area contributed by atoms with Crippen LogP contribution in [0.25, 0.3) is 0 Å². The summed E-state index contributed by atoms with van der Waals surface area (Å²) in [5.74, 6) is -0.980. The van der Waals surface area contributed by atoms with Crippen molar-refractivity contribution in [2.75, 3.05) is 0 Å². The molecule has 0 saturated carbocycles. The second-order valence-electron chi connectivity index (χ2n) is 2.59. The fourth-order valence-electron chi connectivity index (χ4n) is 0.989. The molecule has 1 rings (SSSR count). The summed E-state index contributed by atoms with van der Waals surface area (Å²) in [6.07, 6.45) is 4.57. The number of pyridine rings is 1. The van der Waals surface area contributed by atoms with Crippen molar-refractivity contribution in [3.63, 3.8) is 0 Å². The van der Waals surface area contributed by atoms with Crippen molar-refractivity contribution in [2.45, 2.75) is 19.4 Å². The summed E-state index contributed by atoms with van der Waals surface area (Å²) >= 11 is 0. The van der Waals surface area contributed by atoms with Crippen molar-refractivity contribution >= 4 is 5.97 Å². The van der Waals surface area contributed by atoms with Crippen molar-refractivity contribution < 1.29 is 14.5 Å². The summed E-state index contributed by atoms with van der Waals surface area (Å²) in [7, 11) is 0. The predicted octanol–water partition coefficient (Wildman–Crippen LogP) is -0.496. The molecule has 0 N–H and O–H groups in total. The monoisotopic (exact) mass is 165 g/mol. The summed E-state index contributed by atoms with van der Waals surface area (Å²) in [5.41, 5.74) is 0. The van der Waals surface area contributed by atoms with E-state index in [9.17, 15) is 9.90 Å². The average molecular weight is 165 g/mol. The molecule has 0 fully saturated rings. The minimum Gasteiger partial charge on any atom is -0.550 e. The normalized spacial score (nSPS) is 9.67. The third-order valence-electron chi connectivity index (χ3n) is 1.57. The number of carbonyl (C=O) groups excluding carboxylic acids is 1. The molecule has 12 heavy (non-hydrogen) atoms. The molecular formula is C9H11NO2. The maximum atomic E-state index is 10.1. The molecule has 3 heteroatoms. The molecule has 0 unspecified atom stereocenters. The van der Waals surface area contributed by atoms with Crippen LogP contribution >= 0.6 is 0 Å². The van der Waals surface area contributed by atoms with E-state index in [1.165, 1.54) is 0 Å². The molecule has 0 aliphatic heterocycles. The van der Waals surface area contributed by atoms with Gasteiger partial charge in [-0.15, -0.1) is 0 Å². The van der Waals surface area contributed by atoms with Gasteiger partial charge < -0.3 is 9.90 Å². The zero-order valence-corrected chi connectivity index (χ0v) is 6.77. The third-order valence-corrected chi connectivity index (χ3v) is 1.57. The second-order valence-corrected chi connectivity index (χ2v) is 2.59. The first-order chi connectivity index (χ1) is 5.79. The Morgan fingerprint density at radius 3 is 2.50 bits per heavy atom. The number of carbonyl (C=O) groups is 1. The molecule has 3 nitrogen and oxygen atoms in total. The molecule has 0 aliphatic rings.